The summed E-state index contributed by atoms with van der Waals surface area (Å²) in [5.74, 6) is -0.979. The van der Waals surface area contributed by atoms with E-state index in [4.69, 9.17) is 26.7 Å². The molecule has 0 heterocycles. The molecule has 286 valence electrons. The van der Waals surface area contributed by atoms with Crippen LogP contribution in [0.3, 0.4) is 0 Å². The third-order valence-electron chi connectivity index (χ3n) is 9.70. The van der Waals surface area contributed by atoms with Gasteiger partial charge >= 0.3 is 11.9 Å². The van der Waals surface area contributed by atoms with E-state index < -0.39 is 30.4 Å². The third kappa shape index (κ3) is 34.7. The van der Waals surface area contributed by atoms with Crippen molar-refractivity contribution in [3.05, 3.63) is 0 Å². The highest BCUT2D eigenvalue weighted by molar-refractivity contribution is 5.77. The molecule has 0 radical (unpaired) electrons. The van der Waals surface area contributed by atoms with Crippen LogP contribution < -0.4 is 17.2 Å². The minimum Gasteiger partial charge on any atom is -0.447 e. The molecule has 0 aliphatic carbocycles. The molecule has 48 heavy (non-hydrogen) atoms. The number of nitrogens with two attached hydrogens (primary N) is 3. The zero-order chi connectivity index (χ0) is 35.3. The SMILES string of the molecule is CCCCCCCCCCCCCCCCCC(N)OC(=O)CC[C@H](N)C(=O)OC(N)CCCCCCCCCCCCCCCCC. The Kier molecular flexibility index (Phi) is 36.2. The monoisotopic (exact) mass is 682 g/mol. The molecule has 0 amide bonds. The van der Waals surface area contributed by atoms with Gasteiger partial charge in [0.05, 0.1) is 0 Å². The van der Waals surface area contributed by atoms with Gasteiger partial charge in [0.25, 0.3) is 0 Å². The summed E-state index contributed by atoms with van der Waals surface area (Å²) in [6.07, 6.45) is 39.5. The second-order valence-corrected chi connectivity index (χ2v) is 14.6. The molecule has 0 aromatic carbocycles. The molecule has 0 bridgehead atoms. The number of rotatable bonds is 38. The predicted molar refractivity (Wildman–Crippen MR) is 204 cm³/mol. The number of carbonyl (C=O) groups is 2. The van der Waals surface area contributed by atoms with Gasteiger partial charge in [0, 0.05) is 6.42 Å². The Hall–Kier alpha value is -1.18. The molecular weight excluding hydrogens is 598 g/mol. The van der Waals surface area contributed by atoms with Gasteiger partial charge in [-0.2, -0.15) is 0 Å². The van der Waals surface area contributed by atoms with E-state index in [1.54, 1.807) is 0 Å². The van der Waals surface area contributed by atoms with E-state index >= 15 is 0 Å². The van der Waals surface area contributed by atoms with Crippen LogP contribution in [0.4, 0.5) is 0 Å². The van der Waals surface area contributed by atoms with Gasteiger partial charge in [0.1, 0.15) is 6.04 Å². The number of ether oxygens (including phenoxy) is 2. The highest BCUT2D eigenvalue weighted by Crippen LogP contribution is 2.16. The zero-order valence-corrected chi connectivity index (χ0v) is 32.1. The van der Waals surface area contributed by atoms with Gasteiger partial charge in [-0.05, 0) is 32.1 Å². The van der Waals surface area contributed by atoms with E-state index in [2.05, 4.69) is 13.8 Å². The lowest BCUT2D eigenvalue weighted by atomic mass is 10.0. The molecule has 0 aromatic heterocycles. The molecular formula is C41H83N3O4. The van der Waals surface area contributed by atoms with Gasteiger partial charge in [-0.25, -0.2) is 0 Å². The topological polar surface area (TPSA) is 131 Å². The van der Waals surface area contributed by atoms with Crippen molar-refractivity contribution in [1.82, 2.24) is 0 Å². The van der Waals surface area contributed by atoms with E-state index in [1.807, 2.05) is 0 Å². The second-order valence-electron chi connectivity index (χ2n) is 14.6. The molecule has 0 saturated heterocycles. The van der Waals surface area contributed by atoms with E-state index in [9.17, 15) is 9.59 Å². The van der Waals surface area contributed by atoms with E-state index in [1.165, 1.54) is 167 Å². The van der Waals surface area contributed by atoms with E-state index in [-0.39, 0.29) is 12.8 Å². The van der Waals surface area contributed by atoms with Crippen LogP contribution in [0.2, 0.25) is 0 Å². The summed E-state index contributed by atoms with van der Waals surface area (Å²) in [6.45, 7) is 4.54. The van der Waals surface area contributed by atoms with Crippen molar-refractivity contribution in [2.45, 2.75) is 251 Å². The molecule has 0 aliphatic rings. The average molecular weight is 682 g/mol. The Morgan fingerprint density at radius 1 is 0.396 bits per heavy atom. The van der Waals surface area contributed by atoms with Crippen LogP contribution >= 0.6 is 0 Å². The fourth-order valence-corrected chi connectivity index (χ4v) is 6.41. The summed E-state index contributed by atoms with van der Waals surface area (Å²) in [5, 5.41) is 0. The van der Waals surface area contributed by atoms with Crippen LogP contribution in [-0.4, -0.2) is 30.4 Å². The average Bonchev–Trinajstić information content (AvgIpc) is 3.07. The minimum atomic E-state index is -0.892. The molecule has 7 heteroatoms. The summed E-state index contributed by atoms with van der Waals surface area (Å²) < 4.78 is 10.6. The standard InChI is InChI=1S/C41H83N3O4/c1-3-5-7-9-11-13-15-17-19-21-23-25-27-29-31-33-38(43)47-40(45)36-35-37(42)41(46)48-39(44)34-32-30-28-26-24-22-20-18-16-14-12-10-8-6-4-2/h37-39H,3-36,42-44H2,1-2H3/t37-,38?,39?/m0/s1. The number of hydrogen-bond acceptors (Lipinski definition) is 7. The van der Waals surface area contributed by atoms with Crippen molar-refractivity contribution in [1.29, 1.82) is 0 Å². The van der Waals surface area contributed by atoms with Gasteiger partial charge in [0.15, 0.2) is 12.5 Å². The lowest BCUT2D eigenvalue weighted by Gasteiger charge is -2.17. The first kappa shape index (κ1) is 46.8. The van der Waals surface area contributed by atoms with Crippen molar-refractivity contribution in [2.24, 2.45) is 17.2 Å². The molecule has 3 atom stereocenters. The van der Waals surface area contributed by atoms with Crippen molar-refractivity contribution in [3.8, 4) is 0 Å². The van der Waals surface area contributed by atoms with Crippen molar-refractivity contribution < 1.29 is 19.1 Å². The highest BCUT2D eigenvalue weighted by Gasteiger charge is 2.20. The maximum atomic E-state index is 12.3. The Balaban J connectivity index is 3.59. The number of esters is 2. The van der Waals surface area contributed by atoms with Crippen LogP contribution in [0, 0.1) is 0 Å². The first-order valence-electron chi connectivity index (χ1n) is 21.1. The maximum absolute atomic E-state index is 12.3. The van der Waals surface area contributed by atoms with Crippen LogP contribution in [0.1, 0.15) is 232 Å². The van der Waals surface area contributed by atoms with E-state index in [0.717, 1.165) is 25.7 Å². The first-order valence-corrected chi connectivity index (χ1v) is 21.1. The highest BCUT2D eigenvalue weighted by atomic mass is 16.6. The molecule has 0 saturated carbocycles. The van der Waals surface area contributed by atoms with Gasteiger partial charge in [-0.15, -0.1) is 0 Å². The summed E-state index contributed by atoms with van der Waals surface area (Å²) in [7, 11) is 0. The van der Waals surface area contributed by atoms with Gasteiger partial charge < -0.3 is 15.2 Å². The van der Waals surface area contributed by atoms with Gasteiger partial charge in [-0.3, -0.25) is 21.1 Å². The van der Waals surface area contributed by atoms with E-state index in [0.29, 0.717) is 12.8 Å². The normalized spacial score (nSPS) is 13.4. The molecule has 0 aliphatic heterocycles. The second kappa shape index (κ2) is 37.1. The largest absolute Gasteiger partial charge is 0.447 e. The first-order chi connectivity index (χ1) is 23.4. The molecule has 6 N–H and O–H groups in total. The quantitative estimate of drug-likeness (QED) is 0.0336. The Bertz CT molecular complexity index is 693. The fourth-order valence-electron chi connectivity index (χ4n) is 6.41. The van der Waals surface area contributed by atoms with Crippen molar-refractivity contribution in [3.63, 3.8) is 0 Å². The number of hydrogen-bond donors (Lipinski definition) is 3. The molecule has 7 nitrogen and oxygen atoms in total. The predicted octanol–water partition coefficient (Wildman–Crippen LogP) is 11.3. The van der Waals surface area contributed by atoms with Crippen LogP contribution in [0.5, 0.6) is 0 Å². The smallest absolute Gasteiger partial charge is 0.324 e. The summed E-state index contributed by atoms with van der Waals surface area (Å²) in [5.41, 5.74) is 18.0. The number of unbranched alkanes of at least 4 members (excludes halogenated alkanes) is 28. The molecule has 2 unspecified atom stereocenters. The third-order valence-corrected chi connectivity index (χ3v) is 9.70. The summed E-state index contributed by atoms with van der Waals surface area (Å²) >= 11 is 0. The Morgan fingerprint density at radius 2 is 0.667 bits per heavy atom. The maximum Gasteiger partial charge on any atom is 0.324 e. The van der Waals surface area contributed by atoms with Crippen LogP contribution in [0.25, 0.3) is 0 Å². The lowest BCUT2D eigenvalue weighted by molar-refractivity contribution is -0.152. The zero-order valence-electron chi connectivity index (χ0n) is 32.1. The minimum absolute atomic E-state index is 0.0388. The summed E-state index contributed by atoms with van der Waals surface area (Å²) in [6, 6.07) is -0.892. The molecule has 0 spiro atoms. The molecule has 0 rings (SSSR count). The van der Waals surface area contributed by atoms with Crippen molar-refractivity contribution in [2.75, 3.05) is 0 Å². The van der Waals surface area contributed by atoms with Crippen molar-refractivity contribution >= 4 is 11.9 Å². The number of carbonyl (C=O) groups excluding carboxylic acids is 2. The van der Waals surface area contributed by atoms with Gasteiger partial charge in [0.2, 0.25) is 0 Å². The fraction of sp³-hybridized carbons (Fsp3) is 0.951. The molecule has 0 aromatic rings. The van der Waals surface area contributed by atoms with Gasteiger partial charge in [-0.1, -0.05) is 194 Å². The lowest BCUT2D eigenvalue weighted by Crippen LogP contribution is -2.38. The van der Waals surface area contributed by atoms with Crippen LogP contribution in [0.15, 0.2) is 0 Å². The Morgan fingerprint density at radius 3 is 0.979 bits per heavy atom. The summed E-state index contributed by atoms with van der Waals surface area (Å²) in [4.78, 5) is 24.5. The van der Waals surface area contributed by atoms with Crippen LogP contribution in [-0.2, 0) is 19.1 Å². The molecule has 0 fully saturated rings. The Labute approximate surface area is 298 Å².